The van der Waals surface area contributed by atoms with E-state index in [0.717, 1.165) is 29.0 Å². The van der Waals surface area contributed by atoms with Gasteiger partial charge in [0, 0.05) is 6.20 Å². The largest absolute Gasteiger partial charge is 0.438 e. The van der Waals surface area contributed by atoms with E-state index in [-0.39, 0.29) is 22.0 Å². The first kappa shape index (κ1) is 19.5. The van der Waals surface area contributed by atoms with Gasteiger partial charge in [-0.2, -0.15) is 13.2 Å². The fourth-order valence-electron chi connectivity index (χ4n) is 2.46. The second kappa shape index (κ2) is 7.40. The lowest BCUT2D eigenvalue weighted by Crippen LogP contribution is -2.25. The molecule has 0 spiro atoms. The molecule has 2 aromatic rings. The quantitative estimate of drug-likeness (QED) is 0.779. The van der Waals surface area contributed by atoms with Gasteiger partial charge in [0.15, 0.2) is 0 Å². The van der Waals surface area contributed by atoms with Gasteiger partial charge in [0.05, 0.1) is 10.8 Å². The molecule has 142 valence electrons. The number of benzene rings is 1. The highest BCUT2D eigenvalue weighted by Gasteiger charge is 2.32. The van der Waals surface area contributed by atoms with E-state index in [1.54, 1.807) is 25.1 Å². The standard InChI is InChI=1S/C17H12ClF3N2O3S/c1-8-4-11(3-2-9(8)5-13-14(24)23-16(25)27-13)26-15-12(18)6-10(7-22-15)17(19,20)21/h2-4,6-7,13H,5H2,1H3,(H,23,24,25)/t13-/m0/s1. The monoisotopic (exact) mass is 416 g/mol. The molecule has 1 fully saturated rings. The zero-order chi connectivity index (χ0) is 19.8. The summed E-state index contributed by atoms with van der Waals surface area (Å²) in [5.74, 6) is -0.136. The fourth-order valence-corrected chi connectivity index (χ4v) is 3.51. The summed E-state index contributed by atoms with van der Waals surface area (Å²) in [6.45, 7) is 1.79. The van der Waals surface area contributed by atoms with Gasteiger partial charge in [-0.15, -0.1) is 0 Å². The molecule has 1 saturated heterocycles. The number of carbonyl (C=O) groups is 2. The van der Waals surface area contributed by atoms with Gasteiger partial charge in [0.25, 0.3) is 5.24 Å². The van der Waals surface area contributed by atoms with Crippen LogP contribution in [0.3, 0.4) is 0 Å². The minimum Gasteiger partial charge on any atom is -0.438 e. The molecule has 1 aromatic heterocycles. The van der Waals surface area contributed by atoms with Crippen molar-refractivity contribution in [3.63, 3.8) is 0 Å². The zero-order valence-corrected chi connectivity index (χ0v) is 15.3. The predicted octanol–water partition coefficient (Wildman–Crippen LogP) is 4.75. The maximum absolute atomic E-state index is 12.7. The van der Waals surface area contributed by atoms with Crippen molar-refractivity contribution in [2.45, 2.75) is 24.8 Å². The number of hydrogen-bond donors (Lipinski definition) is 1. The molecular weight excluding hydrogens is 405 g/mol. The Morgan fingerprint density at radius 1 is 1.30 bits per heavy atom. The third kappa shape index (κ3) is 4.54. The number of imide groups is 1. The summed E-state index contributed by atoms with van der Waals surface area (Å²) in [5.41, 5.74) is 0.674. The van der Waals surface area contributed by atoms with Crippen LogP contribution in [0.15, 0.2) is 30.5 Å². The smallest absolute Gasteiger partial charge is 0.417 e. The zero-order valence-electron chi connectivity index (χ0n) is 13.8. The topological polar surface area (TPSA) is 68.3 Å². The Kier molecular flexibility index (Phi) is 5.34. The fraction of sp³-hybridized carbons (Fsp3) is 0.235. The summed E-state index contributed by atoms with van der Waals surface area (Å²) in [7, 11) is 0. The second-order valence-corrected chi connectivity index (χ2v) is 7.37. The molecule has 1 atom stereocenters. The summed E-state index contributed by atoms with van der Waals surface area (Å²) < 4.78 is 43.4. The highest BCUT2D eigenvalue weighted by molar-refractivity contribution is 8.15. The number of amides is 2. The van der Waals surface area contributed by atoms with Crippen LogP contribution in [0.4, 0.5) is 18.0 Å². The van der Waals surface area contributed by atoms with Crippen molar-refractivity contribution >= 4 is 34.5 Å². The highest BCUT2D eigenvalue weighted by atomic mass is 35.5. The number of nitrogens with zero attached hydrogens (tertiary/aromatic N) is 1. The van der Waals surface area contributed by atoms with Crippen LogP contribution >= 0.6 is 23.4 Å². The first-order valence-corrected chi connectivity index (χ1v) is 8.91. The molecule has 2 amide bonds. The van der Waals surface area contributed by atoms with Crippen LogP contribution in [-0.4, -0.2) is 21.4 Å². The first-order chi connectivity index (χ1) is 12.6. The Hall–Kier alpha value is -2.26. The summed E-state index contributed by atoms with van der Waals surface area (Å²) >= 11 is 6.77. The summed E-state index contributed by atoms with van der Waals surface area (Å²) in [5, 5.41) is 1.11. The van der Waals surface area contributed by atoms with E-state index in [1.807, 2.05) is 0 Å². The first-order valence-electron chi connectivity index (χ1n) is 7.65. The van der Waals surface area contributed by atoms with Crippen LogP contribution < -0.4 is 10.1 Å². The van der Waals surface area contributed by atoms with Crippen molar-refractivity contribution in [1.29, 1.82) is 0 Å². The SMILES string of the molecule is Cc1cc(Oc2ncc(C(F)(F)F)cc2Cl)ccc1C[C@@H]1SC(=O)NC1=O. The average Bonchev–Trinajstić information content (AvgIpc) is 2.88. The minimum atomic E-state index is -4.54. The van der Waals surface area contributed by atoms with Gasteiger partial charge in [-0.25, -0.2) is 4.98 Å². The molecular formula is C17H12ClF3N2O3S. The van der Waals surface area contributed by atoms with E-state index < -0.39 is 17.0 Å². The summed E-state index contributed by atoms with van der Waals surface area (Å²) in [6, 6.07) is 5.72. The Balaban J connectivity index is 1.74. The summed E-state index contributed by atoms with van der Waals surface area (Å²) in [4.78, 5) is 26.5. The van der Waals surface area contributed by atoms with Gasteiger partial charge in [0.1, 0.15) is 10.8 Å². The molecule has 0 bridgehead atoms. The minimum absolute atomic E-state index is 0.145. The van der Waals surface area contributed by atoms with E-state index in [1.165, 1.54) is 0 Å². The Morgan fingerprint density at radius 3 is 2.59 bits per heavy atom. The lowest BCUT2D eigenvalue weighted by molar-refractivity contribution is -0.137. The van der Waals surface area contributed by atoms with Crippen molar-refractivity contribution < 1.29 is 27.5 Å². The van der Waals surface area contributed by atoms with Crippen LogP contribution in [0.5, 0.6) is 11.6 Å². The number of aryl methyl sites for hydroxylation is 1. The predicted molar refractivity (Wildman–Crippen MR) is 94.1 cm³/mol. The molecule has 2 heterocycles. The number of aromatic nitrogens is 1. The van der Waals surface area contributed by atoms with Gasteiger partial charge in [-0.05, 0) is 42.7 Å². The number of halogens is 4. The number of rotatable bonds is 4. The molecule has 10 heteroatoms. The van der Waals surface area contributed by atoms with Crippen LogP contribution in [-0.2, 0) is 17.4 Å². The van der Waals surface area contributed by atoms with E-state index in [0.29, 0.717) is 18.4 Å². The number of nitrogens with one attached hydrogen (secondary N) is 1. The number of alkyl halides is 3. The third-order valence-corrected chi connectivity index (χ3v) is 5.09. The van der Waals surface area contributed by atoms with Gasteiger partial charge in [0.2, 0.25) is 11.8 Å². The number of hydrogen-bond acceptors (Lipinski definition) is 5. The maximum Gasteiger partial charge on any atom is 0.417 e. The average molecular weight is 417 g/mol. The molecule has 1 aliphatic heterocycles. The van der Waals surface area contributed by atoms with Crippen molar-refractivity contribution in [1.82, 2.24) is 10.3 Å². The number of thioether (sulfide) groups is 1. The molecule has 5 nitrogen and oxygen atoms in total. The maximum atomic E-state index is 12.7. The summed E-state index contributed by atoms with van der Waals surface area (Å²) in [6.07, 6.45) is -3.53. The number of carbonyl (C=O) groups excluding carboxylic acids is 2. The Bertz CT molecular complexity index is 921. The molecule has 3 rings (SSSR count). The van der Waals surface area contributed by atoms with Crippen molar-refractivity contribution in [2.75, 3.05) is 0 Å². The molecule has 0 unspecified atom stereocenters. The Labute approximate surface area is 161 Å². The number of ether oxygens (including phenoxy) is 1. The van der Waals surface area contributed by atoms with Crippen molar-refractivity contribution in [3.05, 3.63) is 52.2 Å². The molecule has 1 aromatic carbocycles. The van der Waals surface area contributed by atoms with Crippen molar-refractivity contribution in [2.24, 2.45) is 0 Å². The highest BCUT2D eigenvalue weighted by Crippen LogP contribution is 2.35. The lowest BCUT2D eigenvalue weighted by atomic mass is 10.0. The lowest BCUT2D eigenvalue weighted by Gasteiger charge is -2.12. The molecule has 0 saturated carbocycles. The molecule has 1 N–H and O–H groups in total. The van der Waals surface area contributed by atoms with Gasteiger partial charge >= 0.3 is 6.18 Å². The third-order valence-electron chi connectivity index (χ3n) is 3.84. The van der Waals surface area contributed by atoms with E-state index >= 15 is 0 Å². The van der Waals surface area contributed by atoms with E-state index in [2.05, 4.69) is 10.3 Å². The van der Waals surface area contributed by atoms with Gasteiger partial charge < -0.3 is 4.74 Å². The molecule has 0 aliphatic carbocycles. The molecule has 1 aliphatic rings. The second-order valence-electron chi connectivity index (χ2n) is 5.79. The van der Waals surface area contributed by atoms with Crippen molar-refractivity contribution in [3.8, 4) is 11.6 Å². The van der Waals surface area contributed by atoms with Crippen LogP contribution in [0.25, 0.3) is 0 Å². The number of pyridine rings is 1. The van der Waals surface area contributed by atoms with E-state index in [4.69, 9.17) is 16.3 Å². The van der Waals surface area contributed by atoms with Crippen LogP contribution in [0.2, 0.25) is 5.02 Å². The molecule has 0 radical (unpaired) electrons. The van der Waals surface area contributed by atoms with Crippen LogP contribution in [0, 0.1) is 6.92 Å². The normalized spacial score (nSPS) is 17.1. The van der Waals surface area contributed by atoms with Crippen LogP contribution in [0.1, 0.15) is 16.7 Å². The van der Waals surface area contributed by atoms with Gasteiger partial charge in [-0.3, -0.25) is 14.9 Å². The molecule has 27 heavy (non-hydrogen) atoms. The van der Waals surface area contributed by atoms with E-state index in [9.17, 15) is 22.8 Å². The van der Waals surface area contributed by atoms with Gasteiger partial charge in [-0.1, -0.05) is 29.4 Å². The Morgan fingerprint density at radius 2 is 2.04 bits per heavy atom.